The number of hydrogen-bond donors (Lipinski definition) is 3. The Bertz CT molecular complexity index is 1250. The fourth-order valence-corrected chi connectivity index (χ4v) is 6.02. The molecule has 2 unspecified atom stereocenters. The molecule has 2 heterocycles. The molecule has 2 atom stereocenters. The highest BCUT2D eigenvalue weighted by atomic mass is 31.0. The van der Waals surface area contributed by atoms with Gasteiger partial charge in [-0.2, -0.15) is 0 Å². The summed E-state index contributed by atoms with van der Waals surface area (Å²) in [6.45, 7) is 1.80. The van der Waals surface area contributed by atoms with E-state index in [9.17, 15) is 18.4 Å². The van der Waals surface area contributed by atoms with Gasteiger partial charge in [-0.3, -0.25) is 9.59 Å². The van der Waals surface area contributed by atoms with Gasteiger partial charge in [0.2, 0.25) is 5.91 Å². The third-order valence-electron chi connectivity index (χ3n) is 7.66. The number of aromatic nitrogens is 1. The molecule has 2 aromatic carbocycles. The number of aromatic amines is 1. The third-order valence-corrected chi connectivity index (χ3v) is 7.87. The highest BCUT2D eigenvalue weighted by Crippen LogP contribution is 2.51. The summed E-state index contributed by atoms with van der Waals surface area (Å²) in [4.78, 5) is 31.3. The van der Waals surface area contributed by atoms with E-state index in [0.29, 0.717) is 12.1 Å². The van der Waals surface area contributed by atoms with Crippen LogP contribution < -0.4 is 10.6 Å². The standard InChI is InChI=1S/C29H33F2N4O2P/c30-29(31,38)19-33-27(37)28(23-10-3-1-8-21(23)22-9-2-4-11-24(22)28)14-5-6-16-35-17-13-20(18-35)34-26(36)25-12-7-15-32-25/h1-4,7-12,15,20,32H,5-6,13-14,16-19,38H2,(H,33,37)(H,34,36). The van der Waals surface area contributed by atoms with E-state index in [1.54, 1.807) is 18.3 Å². The molecule has 0 radical (unpaired) electrons. The second kappa shape index (κ2) is 11.0. The molecule has 1 aromatic heterocycles. The number of rotatable bonds is 10. The van der Waals surface area contributed by atoms with E-state index in [0.717, 1.165) is 61.2 Å². The number of nitrogens with one attached hydrogen (secondary N) is 3. The van der Waals surface area contributed by atoms with Crippen LogP contribution in [0.4, 0.5) is 8.78 Å². The van der Waals surface area contributed by atoms with Gasteiger partial charge in [0.05, 0.1) is 6.54 Å². The SMILES string of the molecule is O=C(NC1CCN(CCCCC2(C(=O)NCC(F)(F)P)c3ccccc3-c3ccccc32)C1)c1ccc[nH]1. The molecular weight excluding hydrogens is 505 g/mol. The predicted molar refractivity (Wildman–Crippen MR) is 147 cm³/mol. The molecule has 3 aromatic rings. The van der Waals surface area contributed by atoms with Gasteiger partial charge in [-0.05, 0) is 60.2 Å². The Hall–Kier alpha value is -3.09. The predicted octanol–water partition coefficient (Wildman–Crippen LogP) is 4.54. The zero-order chi connectivity index (χ0) is 26.8. The molecule has 1 saturated heterocycles. The lowest BCUT2D eigenvalue weighted by atomic mass is 9.73. The summed E-state index contributed by atoms with van der Waals surface area (Å²) in [6, 6.07) is 19.3. The number of carbonyl (C=O) groups excluding carboxylic acids is 2. The minimum atomic E-state index is -3.07. The molecule has 0 bridgehead atoms. The van der Waals surface area contributed by atoms with Gasteiger partial charge in [0.1, 0.15) is 11.1 Å². The van der Waals surface area contributed by atoms with Crippen LogP contribution in [0.2, 0.25) is 0 Å². The molecular formula is C29H33F2N4O2P. The number of benzene rings is 2. The van der Waals surface area contributed by atoms with Crippen LogP contribution in [0.15, 0.2) is 66.9 Å². The summed E-state index contributed by atoms with van der Waals surface area (Å²) in [5.74, 6) is -0.477. The summed E-state index contributed by atoms with van der Waals surface area (Å²) < 4.78 is 27.3. The highest BCUT2D eigenvalue weighted by Gasteiger charge is 2.48. The van der Waals surface area contributed by atoms with Crippen molar-refractivity contribution in [3.63, 3.8) is 0 Å². The summed E-state index contributed by atoms with van der Waals surface area (Å²) in [6.07, 6.45) is 4.76. The number of alkyl halides is 2. The largest absolute Gasteiger partial charge is 0.357 e. The van der Waals surface area contributed by atoms with E-state index in [1.165, 1.54) is 9.24 Å². The van der Waals surface area contributed by atoms with Gasteiger partial charge in [-0.1, -0.05) is 64.2 Å². The maximum absolute atomic E-state index is 13.7. The lowest BCUT2D eigenvalue weighted by Gasteiger charge is -2.31. The molecule has 3 N–H and O–H groups in total. The average Bonchev–Trinajstić information content (AvgIpc) is 3.65. The molecule has 6 nitrogen and oxygen atoms in total. The molecule has 200 valence electrons. The van der Waals surface area contributed by atoms with E-state index in [-0.39, 0.29) is 17.9 Å². The highest BCUT2D eigenvalue weighted by molar-refractivity contribution is 7.18. The van der Waals surface area contributed by atoms with Crippen LogP contribution in [0.25, 0.3) is 11.1 Å². The average molecular weight is 539 g/mol. The molecule has 5 rings (SSSR count). The molecule has 0 saturated carbocycles. The third kappa shape index (κ3) is 5.38. The lowest BCUT2D eigenvalue weighted by Crippen LogP contribution is -2.47. The number of halogens is 2. The summed E-state index contributed by atoms with van der Waals surface area (Å²) >= 11 is 0. The van der Waals surface area contributed by atoms with Gasteiger partial charge in [0, 0.05) is 25.3 Å². The molecule has 2 aliphatic rings. The van der Waals surface area contributed by atoms with Gasteiger partial charge < -0.3 is 20.5 Å². The number of amides is 2. The van der Waals surface area contributed by atoms with Gasteiger partial charge in [0.25, 0.3) is 11.6 Å². The Labute approximate surface area is 223 Å². The Morgan fingerprint density at radius 2 is 1.71 bits per heavy atom. The monoisotopic (exact) mass is 538 g/mol. The lowest BCUT2D eigenvalue weighted by molar-refractivity contribution is -0.126. The molecule has 1 aliphatic carbocycles. The summed E-state index contributed by atoms with van der Waals surface area (Å²) in [7, 11) is 1.50. The number of likely N-dealkylation sites (tertiary alicyclic amines) is 1. The van der Waals surface area contributed by atoms with Crippen molar-refractivity contribution in [3.8, 4) is 11.1 Å². The van der Waals surface area contributed by atoms with Crippen LogP contribution in [-0.2, 0) is 10.2 Å². The number of unbranched alkanes of at least 4 members (excludes halogenated alkanes) is 1. The van der Waals surface area contributed by atoms with Crippen molar-refractivity contribution in [1.29, 1.82) is 0 Å². The van der Waals surface area contributed by atoms with Crippen molar-refractivity contribution < 1.29 is 18.4 Å². The van der Waals surface area contributed by atoms with Crippen LogP contribution in [0, 0.1) is 0 Å². The number of H-pyrrole nitrogens is 1. The van der Waals surface area contributed by atoms with E-state index in [4.69, 9.17) is 0 Å². The summed E-state index contributed by atoms with van der Waals surface area (Å²) in [5.41, 5.74) is 0.186. The fraction of sp³-hybridized carbons (Fsp3) is 0.379. The van der Waals surface area contributed by atoms with Crippen LogP contribution in [0.5, 0.6) is 0 Å². The van der Waals surface area contributed by atoms with Crippen molar-refractivity contribution in [1.82, 2.24) is 20.5 Å². The number of carbonyl (C=O) groups is 2. The van der Waals surface area contributed by atoms with Crippen LogP contribution in [0.3, 0.4) is 0 Å². The second-order valence-corrected chi connectivity index (χ2v) is 11.1. The Morgan fingerprint density at radius 3 is 2.34 bits per heavy atom. The molecule has 38 heavy (non-hydrogen) atoms. The number of nitrogens with zero attached hydrogens (tertiary/aromatic N) is 1. The van der Waals surface area contributed by atoms with Gasteiger partial charge in [-0.15, -0.1) is 0 Å². The van der Waals surface area contributed by atoms with Crippen molar-refractivity contribution in [3.05, 3.63) is 83.7 Å². The van der Waals surface area contributed by atoms with E-state index in [2.05, 4.69) is 20.5 Å². The first-order chi connectivity index (χ1) is 18.3. The topological polar surface area (TPSA) is 77.2 Å². The molecule has 2 amide bonds. The normalized spacial score (nSPS) is 18.1. The maximum atomic E-state index is 13.7. The first-order valence-electron chi connectivity index (χ1n) is 13.1. The zero-order valence-corrected chi connectivity index (χ0v) is 22.3. The van der Waals surface area contributed by atoms with Gasteiger partial charge in [-0.25, -0.2) is 8.78 Å². The van der Waals surface area contributed by atoms with Crippen LogP contribution in [0.1, 0.15) is 47.3 Å². The van der Waals surface area contributed by atoms with Crippen molar-refractivity contribution in [2.24, 2.45) is 0 Å². The molecule has 9 heteroatoms. The van der Waals surface area contributed by atoms with Gasteiger partial charge >= 0.3 is 0 Å². The maximum Gasteiger partial charge on any atom is 0.275 e. The number of fused-ring (bicyclic) bond motifs is 3. The summed E-state index contributed by atoms with van der Waals surface area (Å²) in [5, 5.41) is 5.63. The molecule has 1 aliphatic heterocycles. The van der Waals surface area contributed by atoms with Crippen LogP contribution in [-0.4, -0.2) is 59.6 Å². The van der Waals surface area contributed by atoms with Crippen LogP contribution >= 0.6 is 9.24 Å². The van der Waals surface area contributed by atoms with E-state index >= 15 is 0 Å². The van der Waals surface area contributed by atoms with E-state index < -0.39 is 17.6 Å². The first kappa shape index (κ1) is 26.5. The second-order valence-electron chi connectivity index (χ2n) is 10.2. The number of hydrogen-bond acceptors (Lipinski definition) is 3. The Morgan fingerprint density at radius 1 is 1.03 bits per heavy atom. The van der Waals surface area contributed by atoms with Gasteiger partial charge in [0.15, 0.2) is 0 Å². The van der Waals surface area contributed by atoms with Crippen molar-refractivity contribution in [2.45, 2.75) is 42.8 Å². The van der Waals surface area contributed by atoms with Crippen molar-refractivity contribution in [2.75, 3.05) is 26.2 Å². The van der Waals surface area contributed by atoms with Crippen molar-refractivity contribution >= 4 is 21.1 Å². The molecule has 1 fully saturated rings. The minimum absolute atomic E-state index is 0.0931. The molecule has 0 spiro atoms. The Kier molecular flexibility index (Phi) is 7.64. The Balaban J connectivity index is 1.26. The smallest absolute Gasteiger partial charge is 0.275 e. The van der Waals surface area contributed by atoms with E-state index in [1.807, 2.05) is 48.5 Å². The fourth-order valence-electron chi connectivity index (χ4n) is 5.92. The quantitative estimate of drug-likeness (QED) is 0.262. The minimum Gasteiger partial charge on any atom is -0.357 e. The first-order valence-corrected chi connectivity index (χ1v) is 13.7. The zero-order valence-electron chi connectivity index (χ0n) is 21.2.